The second-order valence-electron chi connectivity index (χ2n) is 3.09. The van der Waals surface area contributed by atoms with E-state index in [1.807, 2.05) is 0 Å². The lowest BCUT2D eigenvalue weighted by atomic mass is 10.4. The lowest BCUT2D eigenvalue weighted by molar-refractivity contribution is 0.121. The molecular weight excluding hydrogens is 176 g/mol. The number of rotatable bonds is 3. The third kappa shape index (κ3) is 1.91. The molecule has 70 valence electrons. The Morgan fingerprint density at radius 3 is 2.92 bits per heavy atom. The van der Waals surface area contributed by atoms with Crippen molar-refractivity contribution in [3.63, 3.8) is 0 Å². The molecule has 2 rings (SSSR count). The van der Waals surface area contributed by atoms with E-state index >= 15 is 0 Å². The molecular formula is C8H9F2N3. The molecule has 13 heavy (non-hydrogen) atoms. The Balaban J connectivity index is 1.88. The second kappa shape index (κ2) is 3.24. The van der Waals surface area contributed by atoms with Gasteiger partial charge in [0.15, 0.2) is 0 Å². The molecule has 0 unspecified atom stereocenters. The number of halogens is 2. The molecule has 1 aromatic heterocycles. The molecule has 0 saturated heterocycles. The van der Waals surface area contributed by atoms with E-state index in [1.54, 1.807) is 18.3 Å². The molecule has 2 atom stereocenters. The van der Waals surface area contributed by atoms with Crippen molar-refractivity contribution in [2.75, 3.05) is 5.32 Å². The van der Waals surface area contributed by atoms with Crippen molar-refractivity contribution in [1.82, 2.24) is 10.2 Å². The number of hydrogen-bond acceptors (Lipinski definition) is 3. The van der Waals surface area contributed by atoms with E-state index in [-0.39, 0.29) is 6.04 Å². The molecule has 0 spiro atoms. The molecule has 3 nitrogen and oxygen atoms in total. The largest absolute Gasteiger partial charge is 0.365 e. The number of nitrogens with zero attached hydrogens (tertiary/aromatic N) is 2. The summed E-state index contributed by atoms with van der Waals surface area (Å²) in [6, 6.07) is 3.31. The molecule has 1 aliphatic carbocycles. The van der Waals surface area contributed by atoms with E-state index in [9.17, 15) is 8.78 Å². The molecule has 0 radical (unpaired) electrons. The van der Waals surface area contributed by atoms with Gasteiger partial charge in [-0.2, -0.15) is 5.10 Å². The molecule has 1 aliphatic rings. The van der Waals surface area contributed by atoms with E-state index in [0.29, 0.717) is 12.2 Å². The van der Waals surface area contributed by atoms with Gasteiger partial charge < -0.3 is 5.32 Å². The zero-order valence-electron chi connectivity index (χ0n) is 6.82. The van der Waals surface area contributed by atoms with Gasteiger partial charge in [-0.1, -0.05) is 0 Å². The van der Waals surface area contributed by atoms with Crippen molar-refractivity contribution in [2.45, 2.75) is 18.9 Å². The summed E-state index contributed by atoms with van der Waals surface area (Å²) < 4.78 is 24.2. The molecule has 1 fully saturated rings. The predicted molar refractivity (Wildman–Crippen MR) is 43.6 cm³/mol. The first-order valence-electron chi connectivity index (χ1n) is 4.10. The topological polar surface area (TPSA) is 37.8 Å². The number of aromatic nitrogens is 2. The van der Waals surface area contributed by atoms with E-state index in [0.717, 1.165) is 0 Å². The van der Waals surface area contributed by atoms with Gasteiger partial charge in [0.2, 0.25) is 6.43 Å². The van der Waals surface area contributed by atoms with Crippen LogP contribution in [-0.2, 0) is 0 Å². The quantitative estimate of drug-likeness (QED) is 0.776. The molecule has 1 heterocycles. The SMILES string of the molecule is FC(F)[C@H]1C[C@@H]1Nc1cccnn1. The normalized spacial score (nSPS) is 26.1. The molecule has 5 heteroatoms. The minimum atomic E-state index is -2.23. The van der Waals surface area contributed by atoms with Crippen LogP contribution < -0.4 is 5.32 Å². The lowest BCUT2D eigenvalue weighted by Crippen LogP contribution is -2.09. The van der Waals surface area contributed by atoms with Crippen LogP contribution in [0.15, 0.2) is 18.3 Å². The van der Waals surface area contributed by atoms with Crippen molar-refractivity contribution in [3.05, 3.63) is 18.3 Å². The summed E-state index contributed by atoms with van der Waals surface area (Å²) in [6.07, 6.45) is -0.161. The first kappa shape index (κ1) is 8.34. The first-order valence-corrected chi connectivity index (χ1v) is 4.10. The maximum Gasteiger partial charge on any atom is 0.243 e. The van der Waals surface area contributed by atoms with E-state index in [1.165, 1.54) is 0 Å². The molecule has 1 saturated carbocycles. The molecule has 0 aliphatic heterocycles. The average molecular weight is 185 g/mol. The third-order valence-electron chi connectivity index (χ3n) is 2.07. The van der Waals surface area contributed by atoms with Gasteiger partial charge in [0, 0.05) is 18.2 Å². The highest BCUT2D eigenvalue weighted by Crippen LogP contribution is 2.37. The Labute approximate surface area is 74.2 Å². The number of nitrogens with one attached hydrogen (secondary N) is 1. The van der Waals surface area contributed by atoms with Gasteiger partial charge in [-0.05, 0) is 18.6 Å². The standard InChI is InChI=1S/C8H9F2N3/c9-8(10)5-4-6(5)12-7-2-1-3-11-13-7/h1-3,5-6,8H,4H2,(H,12,13)/t5-,6-/m0/s1. The van der Waals surface area contributed by atoms with Crippen molar-refractivity contribution in [1.29, 1.82) is 0 Å². The number of hydrogen-bond donors (Lipinski definition) is 1. The summed E-state index contributed by atoms with van der Waals surface area (Å²) in [5.41, 5.74) is 0. The molecule has 1 aromatic rings. The Hall–Kier alpha value is -1.26. The van der Waals surface area contributed by atoms with Crippen molar-refractivity contribution in [3.8, 4) is 0 Å². The van der Waals surface area contributed by atoms with Crippen LogP contribution in [-0.4, -0.2) is 22.7 Å². The Morgan fingerprint density at radius 2 is 2.38 bits per heavy atom. The van der Waals surface area contributed by atoms with Crippen LogP contribution in [0.1, 0.15) is 6.42 Å². The summed E-state index contributed by atoms with van der Waals surface area (Å²) in [4.78, 5) is 0. The van der Waals surface area contributed by atoms with Crippen molar-refractivity contribution >= 4 is 5.82 Å². The average Bonchev–Trinajstić information content (AvgIpc) is 2.86. The first-order chi connectivity index (χ1) is 6.27. The number of alkyl halides is 2. The Morgan fingerprint density at radius 1 is 1.54 bits per heavy atom. The van der Waals surface area contributed by atoms with Gasteiger partial charge in [-0.15, -0.1) is 5.10 Å². The van der Waals surface area contributed by atoms with Crippen LogP contribution in [0.3, 0.4) is 0 Å². The van der Waals surface area contributed by atoms with E-state index in [2.05, 4.69) is 15.5 Å². The van der Waals surface area contributed by atoms with Crippen molar-refractivity contribution in [2.24, 2.45) is 5.92 Å². The second-order valence-corrected chi connectivity index (χ2v) is 3.09. The summed E-state index contributed by atoms with van der Waals surface area (Å²) in [7, 11) is 0. The van der Waals surface area contributed by atoms with Gasteiger partial charge in [0.1, 0.15) is 5.82 Å². The van der Waals surface area contributed by atoms with Crippen LogP contribution in [0.4, 0.5) is 14.6 Å². The minimum Gasteiger partial charge on any atom is -0.365 e. The lowest BCUT2D eigenvalue weighted by Gasteiger charge is -2.02. The van der Waals surface area contributed by atoms with Gasteiger partial charge in [0.25, 0.3) is 0 Å². The van der Waals surface area contributed by atoms with Crippen LogP contribution in [0.25, 0.3) is 0 Å². The highest BCUT2D eigenvalue weighted by atomic mass is 19.3. The van der Waals surface area contributed by atoms with Crippen LogP contribution in [0.5, 0.6) is 0 Å². The summed E-state index contributed by atoms with van der Waals surface area (Å²) >= 11 is 0. The van der Waals surface area contributed by atoms with Crippen LogP contribution >= 0.6 is 0 Å². The zero-order valence-corrected chi connectivity index (χ0v) is 6.82. The van der Waals surface area contributed by atoms with Crippen LogP contribution in [0.2, 0.25) is 0 Å². The monoisotopic (exact) mass is 185 g/mol. The number of anilines is 1. The maximum atomic E-state index is 12.1. The zero-order chi connectivity index (χ0) is 9.26. The smallest absolute Gasteiger partial charge is 0.243 e. The molecule has 0 bridgehead atoms. The fourth-order valence-corrected chi connectivity index (χ4v) is 1.23. The van der Waals surface area contributed by atoms with E-state index < -0.39 is 12.3 Å². The Kier molecular flexibility index (Phi) is 2.08. The fourth-order valence-electron chi connectivity index (χ4n) is 1.23. The van der Waals surface area contributed by atoms with Crippen molar-refractivity contribution < 1.29 is 8.78 Å². The maximum absolute atomic E-state index is 12.1. The van der Waals surface area contributed by atoms with Gasteiger partial charge >= 0.3 is 0 Å². The van der Waals surface area contributed by atoms with Gasteiger partial charge in [0.05, 0.1) is 0 Å². The highest BCUT2D eigenvalue weighted by Gasteiger charge is 2.44. The summed E-state index contributed by atoms with van der Waals surface area (Å²) in [5, 5.41) is 10.3. The highest BCUT2D eigenvalue weighted by molar-refractivity contribution is 5.35. The molecule has 0 aromatic carbocycles. The third-order valence-corrected chi connectivity index (χ3v) is 2.07. The van der Waals surface area contributed by atoms with E-state index in [4.69, 9.17) is 0 Å². The van der Waals surface area contributed by atoms with Crippen LogP contribution in [0, 0.1) is 5.92 Å². The summed E-state index contributed by atoms with van der Waals surface area (Å²) in [5.74, 6) is 0.0534. The molecule has 0 amide bonds. The summed E-state index contributed by atoms with van der Waals surface area (Å²) in [6.45, 7) is 0. The predicted octanol–water partition coefficient (Wildman–Crippen LogP) is 1.54. The van der Waals surface area contributed by atoms with Gasteiger partial charge in [-0.3, -0.25) is 0 Å². The molecule has 1 N–H and O–H groups in total. The van der Waals surface area contributed by atoms with Gasteiger partial charge in [-0.25, -0.2) is 8.78 Å². The Bertz CT molecular complexity index is 278. The minimum absolute atomic E-state index is 0.128. The fraction of sp³-hybridized carbons (Fsp3) is 0.500.